The quantitative estimate of drug-likeness (QED) is 0.462. The number of carbonyl (C=O) groups excluding carboxylic acids is 1. The van der Waals surface area contributed by atoms with Crippen molar-refractivity contribution in [2.24, 2.45) is 0 Å². The maximum Gasteiger partial charge on any atom is 0.286 e. The Balaban J connectivity index is 2.98. The lowest BCUT2D eigenvalue weighted by Crippen LogP contribution is -1.93. The molecule has 6 heteroatoms. The molecule has 5 nitrogen and oxygen atoms in total. The number of benzene rings is 1. The van der Waals surface area contributed by atoms with Crippen molar-refractivity contribution in [3.05, 3.63) is 39.4 Å². The SMILES string of the molecule is CC(=O)SCC#Cc1ccc(C#N)cc1[N+](=O)[O-]. The van der Waals surface area contributed by atoms with Crippen LogP contribution < -0.4 is 0 Å². The molecule has 0 heterocycles. The number of nitro groups is 1. The van der Waals surface area contributed by atoms with Gasteiger partial charge in [-0.3, -0.25) is 14.9 Å². The first-order valence-corrected chi connectivity index (χ1v) is 5.84. The Kier molecular flexibility index (Phi) is 4.91. The Bertz CT molecular complexity index is 594. The predicted octanol–water partition coefficient (Wildman–Crippen LogP) is 2.10. The van der Waals surface area contributed by atoms with E-state index < -0.39 is 4.92 Å². The minimum Gasteiger partial charge on any atom is -0.288 e. The number of hydrogen-bond donors (Lipinski definition) is 0. The number of carbonyl (C=O) groups is 1. The molecule has 0 bridgehead atoms. The van der Waals surface area contributed by atoms with Crippen LogP contribution in [0.1, 0.15) is 18.1 Å². The van der Waals surface area contributed by atoms with Crippen molar-refractivity contribution in [3.63, 3.8) is 0 Å². The smallest absolute Gasteiger partial charge is 0.286 e. The van der Waals surface area contributed by atoms with Crippen molar-refractivity contribution in [1.29, 1.82) is 5.26 Å². The van der Waals surface area contributed by atoms with Crippen LogP contribution in [0, 0.1) is 33.3 Å². The molecule has 18 heavy (non-hydrogen) atoms. The van der Waals surface area contributed by atoms with Crippen LogP contribution in [0.25, 0.3) is 0 Å². The van der Waals surface area contributed by atoms with E-state index in [0.29, 0.717) is 0 Å². The van der Waals surface area contributed by atoms with Crippen molar-refractivity contribution in [2.45, 2.75) is 6.92 Å². The Morgan fingerprint density at radius 2 is 2.28 bits per heavy atom. The van der Waals surface area contributed by atoms with Crippen LogP contribution >= 0.6 is 11.8 Å². The van der Waals surface area contributed by atoms with Gasteiger partial charge in [-0.1, -0.05) is 23.6 Å². The standard InChI is InChI=1S/C12H8N2O3S/c1-9(15)18-6-2-3-11-5-4-10(8-13)7-12(11)14(16)17/h4-5,7H,6H2,1H3. The van der Waals surface area contributed by atoms with Crippen molar-refractivity contribution in [2.75, 3.05) is 5.75 Å². The summed E-state index contributed by atoms with van der Waals surface area (Å²) in [4.78, 5) is 20.9. The molecule has 1 rings (SSSR count). The van der Waals surface area contributed by atoms with Crippen LogP contribution in [-0.2, 0) is 4.79 Å². The third-order valence-corrected chi connectivity index (χ3v) is 2.59. The summed E-state index contributed by atoms with van der Waals surface area (Å²) in [5.74, 6) is 5.58. The van der Waals surface area contributed by atoms with Gasteiger partial charge in [-0.05, 0) is 12.1 Å². The van der Waals surface area contributed by atoms with Gasteiger partial charge in [0.15, 0.2) is 5.12 Å². The highest BCUT2D eigenvalue weighted by Crippen LogP contribution is 2.19. The molecule has 0 unspecified atom stereocenters. The number of nitrogens with zero attached hydrogens (tertiary/aromatic N) is 2. The highest BCUT2D eigenvalue weighted by atomic mass is 32.2. The van der Waals surface area contributed by atoms with Crippen LogP contribution in [-0.4, -0.2) is 15.8 Å². The first-order chi connectivity index (χ1) is 8.54. The lowest BCUT2D eigenvalue weighted by atomic mass is 10.1. The van der Waals surface area contributed by atoms with Gasteiger partial charge in [-0.25, -0.2) is 0 Å². The van der Waals surface area contributed by atoms with Crippen molar-refractivity contribution < 1.29 is 9.72 Å². The minimum atomic E-state index is -0.580. The van der Waals surface area contributed by atoms with Gasteiger partial charge < -0.3 is 0 Å². The second-order valence-electron chi connectivity index (χ2n) is 3.18. The predicted molar refractivity (Wildman–Crippen MR) is 67.8 cm³/mol. The molecule has 0 aliphatic heterocycles. The van der Waals surface area contributed by atoms with Gasteiger partial charge in [0.05, 0.1) is 22.3 Å². The van der Waals surface area contributed by atoms with Crippen molar-refractivity contribution >= 4 is 22.6 Å². The maximum absolute atomic E-state index is 10.8. The molecule has 0 N–H and O–H groups in total. The van der Waals surface area contributed by atoms with Crippen LogP contribution in [0.2, 0.25) is 0 Å². The van der Waals surface area contributed by atoms with Crippen LogP contribution in [0.4, 0.5) is 5.69 Å². The normalized spacial score (nSPS) is 8.89. The van der Waals surface area contributed by atoms with E-state index in [1.165, 1.54) is 25.1 Å². The van der Waals surface area contributed by atoms with Gasteiger partial charge in [0.25, 0.3) is 5.69 Å². The Labute approximate surface area is 108 Å². The van der Waals surface area contributed by atoms with Gasteiger partial charge >= 0.3 is 0 Å². The highest BCUT2D eigenvalue weighted by Gasteiger charge is 2.12. The molecule has 0 saturated heterocycles. The van der Waals surface area contributed by atoms with E-state index in [1.807, 2.05) is 6.07 Å². The van der Waals surface area contributed by atoms with Crippen LogP contribution in [0.15, 0.2) is 18.2 Å². The summed E-state index contributed by atoms with van der Waals surface area (Å²) in [5, 5.41) is 19.4. The molecule has 0 aromatic heterocycles. The molecular formula is C12H8N2O3S. The summed E-state index contributed by atoms with van der Waals surface area (Å²) in [7, 11) is 0. The average molecular weight is 260 g/mol. The summed E-state index contributed by atoms with van der Waals surface area (Å²) in [6.07, 6.45) is 0. The van der Waals surface area contributed by atoms with Gasteiger partial charge in [-0.2, -0.15) is 5.26 Å². The number of rotatable bonds is 2. The second-order valence-corrected chi connectivity index (χ2v) is 4.34. The van der Waals surface area contributed by atoms with Gasteiger partial charge in [0.1, 0.15) is 5.56 Å². The van der Waals surface area contributed by atoms with Crippen LogP contribution in [0.3, 0.4) is 0 Å². The molecule has 1 aromatic carbocycles. The van der Waals surface area contributed by atoms with Crippen molar-refractivity contribution in [3.8, 4) is 17.9 Å². The zero-order chi connectivity index (χ0) is 13.5. The summed E-state index contributed by atoms with van der Waals surface area (Å²) in [6, 6.07) is 5.91. The summed E-state index contributed by atoms with van der Waals surface area (Å²) in [5.41, 5.74) is 0.253. The number of nitro benzene ring substituents is 1. The molecule has 0 amide bonds. The maximum atomic E-state index is 10.8. The molecule has 90 valence electrons. The third kappa shape index (κ3) is 3.93. The van der Waals surface area contributed by atoms with E-state index in [-0.39, 0.29) is 27.7 Å². The fraction of sp³-hybridized carbons (Fsp3) is 0.167. The largest absolute Gasteiger partial charge is 0.288 e. The summed E-state index contributed by atoms with van der Waals surface area (Å²) < 4.78 is 0. The average Bonchev–Trinajstić information content (AvgIpc) is 2.34. The Morgan fingerprint density at radius 3 is 2.83 bits per heavy atom. The Morgan fingerprint density at radius 1 is 1.56 bits per heavy atom. The van der Waals surface area contributed by atoms with Gasteiger partial charge in [0, 0.05) is 13.0 Å². The molecule has 0 fully saturated rings. The number of thioether (sulfide) groups is 1. The molecule has 0 saturated carbocycles. The van der Waals surface area contributed by atoms with E-state index in [9.17, 15) is 14.9 Å². The third-order valence-electron chi connectivity index (χ3n) is 1.89. The molecule has 1 aromatic rings. The molecule has 0 aliphatic carbocycles. The lowest BCUT2D eigenvalue weighted by molar-refractivity contribution is -0.385. The van der Waals surface area contributed by atoms with Gasteiger partial charge in [-0.15, -0.1) is 0 Å². The minimum absolute atomic E-state index is 0.0568. The zero-order valence-electron chi connectivity index (χ0n) is 9.47. The number of nitriles is 1. The topological polar surface area (TPSA) is 84.0 Å². The zero-order valence-corrected chi connectivity index (χ0v) is 10.3. The number of hydrogen-bond acceptors (Lipinski definition) is 5. The first kappa shape index (κ1) is 13.8. The first-order valence-electron chi connectivity index (χ1n) is 4.85. The van der Waals surface area contributed by atoms with Crippen LogP contribution in [0.5, 0.6) is 0 Å². The molecule has 0 aliphatic rings. The lowest BCUT2D eigenvalue weighted by Gasteiger charge is -1.95. The highest BCUT2D eigenvalue weighted by molar-refractivity contribution is 8.13. The van der Waals surface area contributed by atoms with E-state index >= 15 is 0 Å². The Hall–Kier alpha value is -2.31. The van der Waals surface area contributed by atoms with Gasteiger partial charge in [0.2, 0.25) is 0 Å². The molecule has 0 radical (unpaired) electrons. The second kappa shape index (κ2) is 6.43. The molecule has 0 atom stereocenters. The van der Waals surface area contributed by atoms with Crippen molar-refractivity contribution in [1.82, 2.24) is 0 Å². The van der Waals surface area contributed by atoms with E-state index in [4.69, 9.17) is 5.26 Å². The fourth-order valence-electron chi connectivity index (χ4n) is 1.13. The summed E-state index contributed by atoms with van der Waals surface area (Å²) in [6.45, 7) is 1.43. The van der Waals surface area contributed by atoms with E-state index in [1.54, 1.807) is 0 Å². The fourth-order valence-corrected chi connectivity index (χ4v) is 1.47. The van der Waals surface area contributed by atoms with E-state index in [0.717, 1.165) is 11.8 Å². The van der Waals surface area contributed by atoms with E-state index in [2.05, 4.69) is 11.8 Å². The molecule has 0 spiro atoms. The summed E-state index contributed by atoms with van der Waals surface area (Å²) >= 11 is 1.04. The molecular weight excluding hydrogens is 252 g/mol. The monoisotopic (exact) mass is 260 g/mol.